The molecular weight excluding hydrogens is 316 g/mol. The van der Waals surface area contributed by atoms with Gasteiger partial charge >= 0.3 is 0 Å². The molecule has 0 saturated heterocycles. The van der Waals surface area contributed by atoms with Gasteiger partial charge in [-0.05, 0) is 28.6 Å². The lowest BCUT2D eigenvalue weighted by atomic mass is 10.2. The van der Waals surface area contributed by atoms with Gasteiger partial charge in [-0.2, -0.15) is 0 Å². The van der Waals surface area contributed by atoms with Crippen LogP contribution in [-0.2, 0) is 6.54 Å². The molecule has 3 rings (SSSR count). The van der Waals surface area contributed by atoms with Crippen molar-refractivity contribution < 1.29 is 4.74 Å². The van der Waals surface area contributed by atoms with E-state index < -0.39 is 0 Å². The predicted molar refractivity (Wildman–Crippen MR) is 82.7 cm³/mol. The van der Waals surface area contributed by atoms with Crippen molar-refractivity contribution in [3.63, 3.8) is 0 Å². The van der Waals surface area contributed by atoms with Crippen LogP contribution in [0, 0.1) is 0 Å². The highest BCUT2D eigenvalue weighted by Crippen LogP contribution is 2.25. The molecule has 0 N–H and O–H groups in total. The van der Waals surface area contributed by atoms with Gasteiger partial charge in [-0.15, -0.1) is 0 Å². The van der Waals surface area contributed by atoms with E-state index in [1.807, 2.05) is 34.9 Å². The van der Waals surface area contributed by atoms with Gasteiger partial charge in [-0.25, -0.2) is 4.98 Å². The fraction of sp³-hybridized carbons (Fsp3) is 0.188. The van der Waals surface area contributed by atoms with Crippen molar-refractivity contribution in [3.8, 4) is 5.88 Å². The number of nitrogens with zero attached hydrogens (tertiary/aromatic N) is 2. The standard InChI is InChI=1S/C16H15BrN2O/c17-14-6-8-15(9-7-14)20-16-10-18-12-19(16)11-13-4-2-1-3-5-13/h1-6,8,10,12H,7,9,11H2. The van der Waals surface area contributed by atoms with Crippen LogP contribution >= 0.6 is 15.9 Å². The number of rotatable bonds is 4. The Morgan fingerprint density at radius 3 is 2.75 bits per heavy atom. The summed E-state index contributed by atoms with van der Waals surface area (Å²) >= 11 is 3.50. The van der Waals surface area contributed by atoms with E-state index >= 15 is 0 Å². The summed E-state index contributed by atoms with van der Waals surface area (Å²) in [5, 5.41) is 0. The second-order valence-corrected chi connectivity index (χ2v) is 5.71. The minimum absolute atomic E-state index is 0.767. The molecule has 0 radical (unpaired) electrons. The quantitative estimate of drug-likeness (QED) is 0.837. The van der Waals surface area contributed by atoms with Gasteiger partial charge in [0.05, 0.1) is 19.1 Å². The van der Waals surface area contributed by atoms with Crippen molar-refractivity contribution in [1.29, 1.82) is 0 Å². The fourth-order valence-corrected chi connectivity index (χ4v) is 2.43. The van der Waals surface area contributed by atoms with E-state index in [0.717, 1.165) is 31.0 Å². The van der Waals surface area contributed by atoms with E-state index in [2.05, 4.69) is 33.0 Å². The summed E-state index contributed by atoms with van der Waals surface area (Å²) in [5.41, 5.74) is 1.23. The molecule has 20 heavy (non-hydrogen) atoms. The van der Waals surface area contributed by atoms with E-state index in [4.69, 9.17) is 4.74 Å². The van der Waals surface area contributed by atoms with Crippen molar-refractivity contribution >= 4 is 15.9 Å². The van der Waals surface area contributed by atoms with E-state index in [1.165, 1.54) is 10.0 Å². The minimum atomic E-state index is 0.767. The van der Waals surface area contributed by atoms with E-state index in [9.17, 15) is 0 Å². The third-order valence-electron chi connectivity index (χ3n) is 3.17. The number of benzene rings is 1. The number of halogens is 1. The van der Waals surface area contributed by atoms with Gasteiger partial charge in [0.15, 0.2) is 0 Å². The fourth-order valence-electron chi connectivity index (χ4n) is 2.10. The minimum Gasteiger partial charge on any atom is -0.443 e. The zero-order valence-electron chi connectivity index (χ0n) is 11.0. The van der Waals surface area contributed by atoms with Crippen LogP contribution in [0.1, 0.15) is 18.4 Å². The third kappa shape index (κ3) is 3.20. The zero-order valence-corrected chi connectivity index (χ0v) is 12.6. The molecule has 0 fully saturated rings. The molecule has 1 aliphatic rings. The van der Waals surface area contributed by atoms with E-state index in [1.54, 1.807) is 12.5 Å². The van der Waals surface area contributed by atoms with Gasteiger partial charge in [0.2, 0.25) is 5.88 Å². The monoisotopic (exact) mass is 330 g/mol. The molecule has 3 nitrogen and oxygen atoms in total. The van der Waals surface area contributed by atoms with Crippen LogP contribution in [0.4, 0.5) is 0 Å². The molecular formula is C16H15BrN2O. The second-order valence-electron chi connectivity index (χ2n) is 4.69. The average Bonchev–Trinajstić information content (AvgIpc) is 2.90. The zero-order chi connectivity index (χ0) is 13.8. The van der Waals surface area contributed by atoms with Gasteiger partial charge in [-0.1, -0.05) is 46.3 Å². The lowest BCUT2D eigenvalue weighted by Gasteiger charge is -2.14. The smallest absolute Gasteiger partial charge is 0.219 e. The first-order chi connectivity index (χ1) is 9.81. The molecule has 0 saturated carbocycles. The van der Waals surface area contributed by atoms with Crippen LogP contribution < -0.4 is 4.74 Å². The molecule has 2 aromatic rings. The first-order valence-corrected chi connectivity index (χ1v) is 7.38. The highest BCUT2D eigenvalue weighted by Gasteiger charge is 2.10. The summed E-state index contributed by atoms with van der Waals surface area (Å²) in [4.78, 5) is 4.18. The summed E-state index contributed by atoms with van der Waals surface area (Å²) in [6.45, 7) is 0.767. The Morgan fingerprint density at radius 1 is 1.15 bits per heavy atom. The molecule has 0 aliphatic heterocycles. The number of allylic oxidation sites excluding steroid dienone is 4. The topological polar surface area (TPSA) is 27.1 Å². The Kier molecular flexibility index (Phi) is 4.02. The van der Waals surface area contributed by atoms with E-state index in [0.29, 0.717) is 0 Å². The van der Waals surface area contributed by atoms with Crippen molar-refractivity contribution in [2.75, 3.05) is 0 Å². The van der Waals surface area contributed by atoms with Crippen molar-refractivity contribution in [2.24, 2.45) is 0 Å². The molecule has 1 aromatic carbocycles. The summed E-state index contributed by atoms with van der Waals surface area (Å²) in [6.07, 6.45) is 9.51. The molecule has 0 spiro atoms. The number of imidazole rings is 1. The molecule has 102 valence electrons. The molecule has 4 heteroatoms. The van der Waals surface area contributed by atoms with Gasteiger partial charge < -0.3 is 4.74 Å². The van der Waals surface area contributed by atoms with Gasteiger partial charge in [0.1, 0.15) is 5.76 Å². The van der Waals surface area contributed by atoms with Crippen LogP contribution in [-0.4, -0.2) is 9.55 Å². The number of ether oxygens (including phenoxy) is 1. The van der Waals surface area contributed by atoms with Crippen LogP contribution in [0.25, 0.3) is 0 Å². The average molecular weight is 331 g/mol. The third-order valence-corrected chi connectivity index (χ3v) is 3.83. The lowest BCUT2D eigenvalue weighted by Crippen LogP contribution is -2.05. The van der Waals surface area contributed by atoms with Crippen LogP contribution in [0.15, 0.2) is 65.2 Å². The molecule has 0 amide bonds. The van der Waals surface area contributed by atoms with Crippen molar-refractivity contribution in [1.82, 2.24) is 9.55 Å². The summed E-state index contributed by atoms with van der Waals surface area (Å²) in [7, 11) is 0. The Balaban J connectivity index is 1.74. The molecule has 0 bridgehead atoms. The Bertz CT molecular complexity index is 644. The number of hydrogen-bond acceptors (Lipinski definition) is 2. The largest absolute Gasteiger partial charge is 0.443 e. The molecule has 0 atom stereocenters. The van der Waals surface area contributed by atoms with E-state index in [-0.39, 0.29) is 0 Å². The predicted octanol–water partition coefficient (Wildman–Crippen LogP) is 4.27. The summed E-state index contributed by atoms with van der Waals surface area (Å²) in [5.74, 6) is 1.76. The Morgan fingerprint density at radius 2 is 2.00 bits per heavy atom. The highest BCUT2D eigenvalue weighted by molar-refractivity contribution is 9.11. The first kappa shape index (κ1) is 13.2. The number of aromatic nitrogens is 2. The Labute approximate surface area is 126 Å². The molecule has 0 unspecified atom stereocenters. The first-order valence-electron chi connectivity index (χ1n) is 6.58. The maximum atomic E-state index is 5.94. The normalized spacial score (nSPS) is 14.7. The summed E-state index contributed by atoms with van der Waals surface area (Å²) in [6, 6.07) is 10.3. The molecule has 1 aromatic heterocycles. The molecule has 1 aliphatic carbocycles. The van der Waals surface area contributed by atoms with Gasteiger partial charge in [0, 0.05) is 6.42 Å². The second kappa shape index (κ2) is 6.09. The Hall–Kier alpha value is -1.81. The maximum absolute atomic E-state index is 5.94. The van der Waals surface area contributed by atoms with Crippen LogP contribution in [0.3, 0.4) is 0 Å². The van der Waals surface area contributed by atoms with Gasteiger partial charge in [0.25, 0.3) is 0 Å². The maximum Gasteiger partial charge on any atom is 0.219 e. The van der Waals surface area contributed by atoms with Crippen LogP contribution in [0.2, 0.25) is 0 Å². The van der Waals surface area contributed by atoms with Crippen molar-refractivity contribution in [2.45, 2.75) is 19.4 Å². The lowest BCUT2D eigenvalue weighted by molar-refractivity contribution is 0.369. The van der Waals surface area contributed by atoms with Crippen molar-refractivity contribution in [3.05, 3.63) is 70.8 Å². The highest BCUT2D eigenvalue weighted by atomic mass is 79.9. The SMILES string of the molecule is BrC1=CC=C(Oc2cncn2Cc2ccccc2)CC1. The van der Waals surface area contributed by atoms with Gasteiger partial charge in [-0.3, -0.25) is 4.57 Å². The van der Waals surface area contributed by atoms with Crippen LogP contribution in [0.5, 0.6) is 5.88 Å². The molecule has 1 heterocycles. The number of hydrogen-bond donors (Lipinski definition) is 0. The summed E-state index contributed by atoms with van der Waals surface area (Å²) < 4.78 is 9.17.